The molecule has 0 radical (unpaired) electrons. The van der Waals surface area contributed by atoms with Crippen molar-refractivity contribution in [2.75, 3.05) is 4.90 Å². The molecule has 12 rings (SSSR count). The summed E-state index contributed by atoms with van der Waals surface area (Å²) in [6, 6.07) is 97.3. The number of hydrogen-bond acceptors (Lipinski definition) is 1. The molecule has 0 aromatic heterocycles. The van der Waals surface area contributed by atoms with Crippen LogP contribution in [0.5, 0.6) is 0 Å². The van der Waals surface area contributed by atoms with Gasteiger partial charge in [0.25, 0.3) is 0 Å². The minimum atomic E-state index is -0.569. The summed E-state index contributed by atoms with van der Waals surface area (Å²) in [5.41, 5.74) is 22.4. The molecule has 0 fully saturated rings. The third-order valence-electron chi connectivity index (χ3n) is 15.5. The van der Waals surface area contributed by atoms with Gasteiger partial charge >= 0.3 is 0 Å². The summed E-state index contributed by atoms with van der Waals surface area (Å²) in [5, 5.41) is 2.46. The molecule has 0 atom stereocenters. The molecule has 0 heterocycles. The Morgan fingerprint density at radius 2 is 0.730 bits per heavy atom. The largest absolute Gasteiger partial charge is 0.309 e. The van der Waals surface area contributed by atoms with Crippen LogP contribution in [0.25, 0.3) is 66.4 Å². The van der Waals surface area contributed by atoms with E-state index in [2.05, 4.69) is 307 Å². The molecular formula is C73H61N. The lowest BCUT2D eigenvalue weighted by Crippen LogP contribution is -2.28. The van der Waals surface area contributed by atoms with Crippen molar-refractivity contribution in [1.82, 2.24) is 0 Å². The summed E-state index contributed by atoms with van der Waals surface area (Å²) in [4.78, 5) is 2.58. The summed E-state index contributed by atoms with van der Waals surface area (Å²) >= 11 is 0. The number of nitrogens with zero attached hydrogens (tertiary/aromatic N) is 1. The highest BCUT2D eigenvalue weighted by Gasteiger charge is 2.47. The molecule has 0 spiro atoms. The minimum absolute atomic E-state index is 0.0288. The van der Waals surface area contributed by atoms with E-state index in [0.717, 1.165) is 33.8 Å². The molecule has 0 amide bonds. The van der Waals surface area contributed by atoms with Gasteiger partial charge in [0.15, 0.2) is 0 Å². The van der Waals surface area contributed by atoms with Crippen molar-refractivity contribution in [2.24, 2.45) is 0 Å². The van der Waals surface area contributed by atoms with Gasteiger partial charge in [0.05, 0.1) is 22.5 Å². The van der Waals surface area contributed by atoms with Gasteiger partial charge in [-0.15, -0.1) is 0 Å². The van der Waals surface area contributed by atoms with E-state index >= 15 is 0 Å². The molecule has 0 unspecified atom stereocenters. The fourth-order valence-corrected chi connectivity index (χ4v) is 11.8. The Labute approximate surface area is 438 Å². The van der Waals surface area contributed by atoms with Crippen LogP contribution in [0.3, 0.4) is 0 Å². The first-order valence-corrected chi connectivity index (χ1v) is 26.2. The smallest absolute Gasteiger partial charge is 0.0714 e. The Morgan fingerprint density at radius 1 is 0.297 bits per heavy atom. The number of hydrogen-bond donors (Lipinski definition) is 0. The van der Waals surface area contributed by atoms with Crippen molar-refractivity contribution in [3.8, 4) is 55.6 Å². The molecule has 74 heavy (non-hydrogen) atoms. The van der Waals surface area contributed by atoms with Gasteiger partial charge < -0.3 is 4.90 Å². The Balaban J connectivity index is 1.16. The highest BCUT2D eigenvalue weighted by molar-refractivity contribution is 6.10. The van der Waals surface area contributed by atoms with Gasteiger partial charge in [-0.25, -0.2) is 0 Å². The molecule has 1 aliphatic carbocycles. The van der Waals surface area contributed by atoms with Gasteiger partial charge in [0.2, 0.25) is 0 Å². The number of para-hydroxylation sites is 2. The zero-order chi connectivity index (χ0) is 50.6. The fourth-order valence-electron chi connectivity index (χ4n) is 11.8. The Kier molecular flexibility index (Phi) is 11.6. The monoisotopic (exact) mass is 951 g/mol. The Bertz CT molecular complexity index is 3760. The molecule has 0 bridgehead atoms. The quantitative estimate of drug-likeness (QED) is 0.139. The van der Waals surface area contributed by atoms with E-state index < -0.39 is 5.41 Å². The van der Waals surface area contributed by atoms with Crippen molar-refractivity contribution in [1.29, 1.82) is 0 Å². The van der Waals surface area contributed by atoms with Gasteiger partial charge in [-0.05, 0) is 112 Å². The molecule has 11 aromatic carbocycles. The van der Waals surface area contributed by atoms with Gasteiger partial charge in [0.1, 0.15) is 0 Å². The maximum Gasteiger partial charge on any atom is 0.0714 e. The molecule has 0 saturated carbocycles. The van der Waals surface area contributed by atoms with Crippen LogP contribution in [0.1, 0.15) is 74.9 Å². The van der Waals surface area contributed by atoms with Crippen molar-refractivity contribution < 1.29 is 0 Å². The fraction of sp³-hybridized carbons (Fsp3) is 0.123. The highest BCUT2D eigenvalue weighted by atomic mass is 15.2. The number of benzene rings is 11. The second-order valence-corrected chi connectivity index (χ2v) is 22.0. The van der Waals surface area contributed by atoms with Crippen LogP contribution in [0.4, 0.5) is 17.1 Å². The first-order chi connectivity index (χ1) is 36.0. The molecule has 0 aliphatic heterocycles. The van der Waals surface area contributed by atoms with Crippen LogP contribution >= 0.6 is 0 Å². The molecule has 1 aliphatic rings. The van der Waals surface area contributed by atoms with Crippen LogP contribution < -0.4 is 4.90 Å². The van der Waals surface area contributed by atoms with E-state index in [9.17, 15) is 0 Å². The van der Waals surface area contributed by atoms with Crippen LogP contribution in [-0.4, -0.2) is 0 Å². The van der Waals surface area contributed by atoms with E-state index in [1.54, 1.807) is 0 Å². The van der Waals surface area contributed by atoms with Gasteiger partial charge in [-0.2, -0.15) is 0 Å². The third kappa shape index (κ3) is 7.96. The zero-order valence-electron chi connectivity index (χ0n) is 43.3. The summed E-state index contributed by atoms with van der Waals surface area (Å²) < 4.78 is 0. The second-order valence-electron chi connectivity index (χ2n) is 22.0. The van der Waals surface area contributed by atoms with Crippen molar-refractivity contribution >= 4 is 27.8 Å². The summed E-state index contributed by atoms with van der Waals surface area (Å²) in [6.07, 6.45) is 0. The predicted octanol–water partition coefficient (Wildman–Crippen LogP) is 19.9. The van der Waals surface area contributed by atoms with Crippen molar-refractivity contribution in [2.45, 2.75) is 57.8 Å². The van der Waals surface area contributed by atoms with Gasteiger partial charge in [-0.1, -0.05) is 284 Å². The third-order valence-corrected chi connectivity index (χ3v) is 15.5. The topological polar surface area (TPSA) is 3.24 Å². The minimum Gasteiger partial charge on any atom is -0.309 e. The lowest BCUT2D eigenvalue weighted by molar-refractivity contribution is 0.569. The molecule has 1 heteroatoms. The maximum absolute atomic E-state index is 2.58. The molecule has 11 aromatic rings. The molecule has 0 saturated heterocycles. The van der Waals surface area contributed by atoms with Gasteiger partial charge in [0, 0.05) is 16.7 Å². The van der Waals surface area contributed by atoms with E-state index in [4.69, 9.17) is 0 Å². The maximum atomic E-state index is 2.58. The first-order valence-electron chi connectivity index (χ1n) is 26.2. The molecular weight excluding hydrogens is 891 g/mol. The predicted molar refractivity (Wildman–Crippen MR) is 315 cm³/mol. The van der Waals surface area contributed by atoms with Crippen LogP contribution in [-0.2, 0) is 16.2 Å². The lowest BCUT2D eigenvalue weighted by atomic mass is 9.68. The normalized spacial score (nSPS) is 12.8. The number of fused-ring (bicyclic) bond motifs is 4. The molecule has 1 nitrogen and oxygen atoms in total. The summed E-state index contributed by atoms with van der Waals surface area (Å²) in [5.74, 6) is 0. The van der Waals surface area contributed by atoms with Crippen LogP contribution in [0.15, 0.2) is 261 Å². The zero-order valence-corrected chi connectivity index (χ0v) is 43.3. The van der Waals surface area contributed by atoms with E-state index in [0.29, 0.717) is 0 Å². The van der Waals surface area contributed by atoms with Crippen LogP contribution in [0.2, 0.25) is 0 Å². The molecule has 0 N–H and O–H groups in total. The van der Waals surface area contributed by atoms with Gasteiger partial charge in [-0.3, -0.25) is 0 Å². The summed E-state index contributed by atoms with van der Waals surface area (Å²) in [6.45, 7) is 14.0. The van der Waals surface area contributed by atoms with E-state index in [1.807, 2.05) is 0 Å². The van der Waals surface area contributed by atoms with E-state index in [1.165, 1.54) is 83.1 Å². The average molecular weight is 952 g/mol. The van der Waals surface area contributed by atoms with Crippen LogP contribution in [0, 0.1) is 0 Å². The molecule has 358 valence electrons. The lowest BCUT2D eigenvalue weighted by Gasteiger charge is -2.35. The standard InChI is InChI=1S/C73H61N/c1-71(2,3)57-47-54(48-58(49-57)72(4,5)6)60-36-22-27-53-28-23-37-62(69(53)60)61-34-18-21-41-67(61)74(66-40-20-17-33-59(66)52-45-43-51(44-46-52)50-25-10-7-11-26-50)68-42-24-39-65-70(68)63-35-16-19-38-64(63)73(65,55-29-12-8-13-30-55)56-31-14-9-15-32-56/h7-49H,1-6H3. The number of rotatable bonds is 9. The highest BCUT2D eigenvalue weighted by Crippen LogP contribution is 2.60. The Morgan fingerprint density at radius 3 is 1.34 bits per heavy atom. The number of anilines is 3. The average Bonchev–Trinajstić information content (AvgIpc) is 3.75. The van der Waals surface area contributed by atoms with Crippen molar-refractivity contribution in [3.05, 3.63) is 294 Å². The van der Waals surface area contributed by atoms with Crippen molar-refractivity contribution in [3.63, 3.8) is 0 Å². The van der Waals surface area contributed by atoms with E-state index in [-0.39, 0.29) is 10.8 Å². The Hall–Kier alpha value is -8.52. The SMILES string of the molecule is CC(C)(C)c1cc(-c2cccc3cccc(-c4ccccc4N(c4ccccc4-c4ccc(-c5ccccc5)cc4)c4cccc5c4-c4ccccc4C5(c4ccccc4)c4ccccc4)c23)cc(C(C)(C)C)c1. The first kappa shape index (κ1) is 46.5. The summed E-state index contributed by atoms with van der Waals surface area (Å²) in [7, 11) is 0. The second kappa shape index (κ2) is 18.5.